The van der Waals surface area contributed by atoms with Gasteiger partial charge in [-0.1, -0.05) is 12.2 Å². The average molecular weight is 154 g/mol. The molecule has 0 radical (unpaired) electrons. The second-order valence-electron chi connectivity index (χ2n) is 2.38. The minimum atomic E-state index is -0.179. The van der Waals surface area contributed by atoms with E-state index in [1.54, 1.807) is 13.2 Å². The molecule has 1 nitrogen and oxygen atoms in total. The highest BCUT2D eigenvalue weighted by atomic mass is 19.1. The highest BCUT2D eigenvalue weighted by Gasteiger charge is 1.97. The van der Waals surface area contributed by atoms with Crippen LogP contribution in [0.5, 0.6) is 0 Å². The molecule has 0 atom stereocenters. The molecule has 60 valence electrons. The summed E-state index contributed by atoms with van der Waals surface area (Å²) in [6.45, 7) is 0.470. The monoisotopic (exact) mass is 154 g/mol. The molecule has 11 heavy (non-hydrogen) atoms. The molecular formula is C9H11FO. The van der Waals surface area contributed by atoms with Crippen LogP contribution in [0.4, 0.5) is 4.39 Å². The molecule has 0 aliphatic heterocycles. The van der Waals surface area contributed by atoms with Crippen LogP contribution in [0, 0.1) is 0 Å². The Kier molecular flexibility index (Phi) is 3.05. The highest BCUT2D eigenvalue weighted by molar-refractivity contribution is 5.30. The van der Waals surface area contributed by atoms with Gasteiger partial charge in [0, 0.05) is 7.11 Å². The molecule has 0 aromatic heterocycles. The second kappa shape index (κ2) is 4.09. The van der Waals surface area contributed by atoms with Gasteiger partial charge in [0.1, 0.15) is 5.83 Å². The van der Waals surface area contributed by atoms with Gasteiger partial charge in [-0.3, -0.25) is 0 Å². The summed E-state index contributed by atoms with van der Waals surface area (Å²) >= 11 is 0. The molecular weight excluding hydrogens is 143 g/mol. The lowest BCUT2D eigenvalue weighted by Gasteiger charge is -1.96. The highest BCUT2D eigenvalue weighted by Crippen LogP contribution is 2.11. The number of rotatable bonds is 2. The molecule has 0 saturated carbocycles. The summed E-state index contributed by atoms with van der Waals surface area (Å²) < 4.78 is 17.6. The van der Waals surface area contributed by atoms with E-state index in [2.05, 4.69) is 0 Å². The van der Waals surface area contributed by atoms with Crippen molar-refractivity contribution in [2.75, 3.05) is 13.7 Å². The number of halogens is 1. The third-order valence-electron chi connectivity index (χ3n) is 1.42. The molecule has 0 N–H and O–H groups in total. The molecule has 1 rings (SSSR count). The molecule has 0 fully saturated rings. The average Bonchev–Trinajstić information content (AvgIpc) is 2.15. The molecule has 1 aliphatic rings. The van der Waals surface area contributed by atoms with Crippen LogP contribution < -0.4 is 0 Å². The summed E-state index contributed by atoms with van der Waals surface area (Å²) in [6, 6.07) is 0. The van der Waals surface area contributed by atoms with Gasteiger partial charge in [0.15, 0.2) is 0 Å². The summed E-state index contributed by atoms with van der Waals surface area (Å²) in [5.74, 6) is -0.179. The maximum absolute atomic E-state index is 12.7. The Bertz CT molecular complexity index is 214. The van der Waals surface area contributed by atoms with Gasteiger partial charge in [-0.2, -0.15) is 0 Å². The van der Waals surface area contributed by atoms with Crippen molar-refractivity contribution in [3.05, 3.63) is 35.7 Å². The van der Waals surface area contributed by atoms with Crippen molar-refractivity contribution >= 4 is 0 Å². The van der Waals surface area contributed by atoms with Gasteiger partial charge >= 0.3 is 0 Å². The van der Waals surface area contributed by atoms with Gasteiger partial charge in [0.25, 0.3) is 0 Å². The molecule has 0 heterocycles. The lowest BCUT2D eigenvalue weighted by Crippen LogP contribution is -1.90. The predicted octanol–water partition coefficient (Wildman–Crippen LogP) is 2.37. The Morgan fingerprint density at radius 1 is 1.64 bits per heavy atom. The topological polar surface area (TPSA) is 9.23 Å². The molecule has 0 spiro atoms. The van der Waals surface area contributed by atoms with Crippen molar-refractivity contribution in [1.29, 1.82) is 0 Å². The lowest BCUT2D eigenvalue weighted by atomic mass is 10.2. The fraction of sp³-hybridized carbons (Fsp3) is 0.333. The summed E-state index contributed by atoms with van der Waals surface area (Å²) in [7, 11) is 1.60. The van der Waals surface area contributed by atoms with E-state index >= 15 is 0 Å². The van der Waals surface area contributed by atoms with Crippen molar-refractivity contribution in [3.63, 3.8) is 0 Å². The molecule has 0 unspecified atom stereocenters. The Morgan fingerprint density at radius 3 is 3.18 bits per heavy atom. The normalized spacial score (nSPS) is 17.3. The zero-order valence-electron chi connectivity index (χ0n) is 6.51. The van der Waals surface area contributed by atoms with Gasteiger partial charge in [-0.15, -0.1) is 0 Å². The molecule has 0 aromatic rings. The van der Waals surface area contributed by atoms with E-state index in [0.29, 0.717) is 13.0 Å². The van der Waals surface area contributed by atoms with E-state index in [1.165, 1.54) is 6.08 Å². The third kappa shape index (κ3) is 2.68. The Labute approximate surface area is 65.9 Å². The Balaban J connectivity index is 2.68. The quantitative estimate of drug-likeness (QED) is 0.593. The number of ether oxygens (including phenoxy) is 1. The zero-order valence-corrected chi connectivity index (χ0v) is 6.51. The minimum absolute atomic E-state index is 0.179. The lowest BCUT2D eigenvalue weighted by molar-refractivity contribution is 0.228. The maximum atomic E-state index is 12.7. The Morgan fingerprint density at radius 2 is 2.45 bits per heavy atom. The van der Waals surface area contributed by atoms with Crippen LogP contribution in [0.15, 0.2) is 35.7 Å². The van der Waals surface area contributed by atoms with E-state index in [-0.39, 0.29) is 5.83 Å². The van der Waals surface area contributed by atoms with Gasteiger partial charge < -0.3 is 4.74 Å². The van der Waals surface area contributed by atoms with Crippen molar-refractivity contribution < 1.29 is 9.13 Å². The molecule has 1 aliphatic carbocycles. The first-order valence-electron chi connectivity index (χ1n) is 3.54. The first-order chi connectivity index (χ1) is 5.33. The van der Waals surface area contributed by atoms with Crippen LogP contribution in [0.1, 0.15) is 6.42 Å². The minimum Gasteiger partial charge on any atom is -0.380 e. The van der Waals surface area contributed by atoms with Crippen LogP contribution in [0.25, 0.3) is 0 Å². The number of allylic oxidation sites excluding steroid dienone is 4. The smallest absolute Gasteiger partial charge is 0.119 e. The largest absolute Gasteiger partial charge is 0.380 e. The summed E-state index contributed by atoms with van der Waals surface area (Å²) in [4.78, 5) is 0. The van der Waals surface area contributed by atoms with Gasteiger partial charge in [-0.05, 0) is 24.1 Å². The number of methoxy groups -OCH3 is 1. The van der Waals surface area contributed by atoms with E-state index < -0.39 is 0 Å². The van der Waals surface area contributed by atoms with Crippen molar-refractivity contribution in [2.45, 2.75) is 6.42 Å². The van der Waals surface area contributed by atoms with E-state index in [0.717, 1.165) is 5.57 Å². The summed E-state index contributed by atoms with van der Waals surface area (Å²) in [5, 5.41) is 0. The summed E-state index contributed by atoms with van der Waals surface area (Å²) in [6.07, 6.45) is 7.49. The van der Waals surface area contributed by atoms with E-state index in [1.807, 2.05) is 12.2 Å². The van der Waals surface area contributed by atoms with Crippen molar-refractivity contribution in [3.8, 4) is 0 Å². The van der Waals surface area contributed by atoms with Crippen LogP contribution in [0.2, 0.25) is 0 Å². The standard InChI is InChI=1S/C9H11FO/c1-11-7-8-4-2-3-5-9(10)6-8/h2,4-6H,3,7H2,1H3. The van der Waals surface area contributed by atoms with Gasteiger partial charge in [-0.25, -0.2) is 4.39 Å². The van der Waals surface area contributed by atoms with Crippen LogP contribution >= 0.6 is 0 Å². The second-order valence-corrected chi connectivity index (χ2v) is 2.38. The Hall–Kier alpha value is -0.890. The van der Waals surface area contributed by atoms with Crippen LogP contribution in [0.3, 0.4) is 0 Å². The fourth-order valence-electron chi connectivity index (χ4n) is 0.941. The molecule has 0 amide bonds. The van der Waals surface area contributed by atoms with E-state index in [9.17, 15) is 4.39 Å². The van der Waals surface area contributed by atoms with Crippen molar-refractivity contribution in [2.24, 2.45) is 0 Å². The maximum Gasteiger partial charge on any atom is 0.119 e. The predicted molar refractivity (Wildman–Crippen MR) is 42.9 cm³/mol. The SMILES string of the molecule is COCC1=CC(F)=CCC=C1. The van der Waals surface area contributed by atoms with Gasteiger partial charge in [0.2, 0.25) is 0 Å². The van der Waals surface area contributed by atoms with Crippen molar-refractivity contribution in [1.82, 2.24) is 0 Å². The number of hydrogen-bond acceptors (Lipinski definition) is 1. The van der Waals surface area contributed by atoms with Crippen LogP contribution in [-0.2, 0) is 4.74 Å². The third-order valence-corrected chi connectivity index (χ3v) is 1.42. The first kappa shape index (κ1) is 8.21. The molecule has 0 aromatic carbocycles. The van der Waals surface area contributed by atoms with E-state index in [4.69, 9.17) is 4.74 Å². The van der Waals surface area contributed by atoms with Crippen LogP contribution in [-0.4, -0.2) is 13.7 Å². The fourth-order valence-corrected chi connectivity index (χ4v) is 0.941. The summed E-state index contributed by atoms with van der Waals surface area (Å²) in [5.41, 5.74) is 0.874. The zero-order chi connectivity index (χ0) is 8.10. The molecule has 0 saturated heterocycles. The first-order valence-corrected chi connectivity index (χ1v) is 3.54. The number of hydrogen-bond donors (Lipinski definition) is 0. The molecule has 0 bridgehead atoms. The van der Waals surface area contributed by atoms with Gasteiger partial charge in [0.05, 0.1) is 6.61 Å². The molecule has 2 heteroatoms.